The topological polar surface area (TPSA) is 129 Å². The lowest BCUT2D eigenvalue weighted by Gasteiger charge is -2.46. The molecule has 0 spiro atoms. The number of hydrogen-bond donors (Lipinski definition) is 3. The normalized spacial score (nSPS) is 23.3. The van der Waals surface area contributed by atoms with E-state index in [1.165, 1.54) is 12.1 Å². The largest absolute Gasteiger partial charge is 0.343 e. The Labute approximate surface area is 296 Å². The maximum absolute atomic E-state index is 15.9. The molecular formula is C38H56FN7O4. The summed E-state index contributed by atoms with van der Waals surface area (Å²) in [6.07, 6.45) is 6.99. The van der Waals surface area contributed by atoms with Crippen molar-refractivity contribution in [2.75, 3.05) is 32.0 Å². The van der Waals surface area contributed by atoms with Crippen LogP contribution in [0.2, 0.25) is 0 Å². The third-order valence-corrected chi connectivity index (χ3v) is 11.6. The smallest absolute Gasteiger partial charge is 0.270 e. The van der Waals surface area contributed by atoms with Gasteiger partial charge in [0.15, 0.2) is 0 Å². The summed E-state index contributed by atoms with van der Waals surface area (Å²) in [5.74, 6) is -1.86. The average molecular weight is 694 g/mol. The van der Waals surface area contributed by atoms with Crippen molar-refractivity contribution in [2.24, 2.45) is 23.7 Å². The quantitative estimate of drug-likeness (QED) is 0.293. The van der Waals surface area contributed by atoms with Crippen molar-refractivity contribution < 1.29 is 23.6 Å². The van der Waals surface area contributed by atoms with Gasteiger partial charge in [0.25, 0.3) is 5.91 Å². The summed E-state index contributed by atoms with van der Waals surface area (Å²) in [6, 6.07) is 4.42. The lowest BCUT2D eigenvalue weighted by molar-refractivity contribution is -0.141. The number of hydrogen-bond acceptors (Lipinski definition) is 6. The third-order valence-electron chi connectivity index (χ3n) is 11.6. The van der Waals surface area contributed by atoms with Gasteiger partial charge in [-0.25, -0.2) is 4.39 Å². The van der Waals surface area contributed by atoms with Gasteiger partial charge in [0.1, 0.15) is 23.6 Å². The Morgan fingerprint density at radius 3 is 2.26 bits per heavy atom. The Bertz CT molecular complexity index is 1550. The standard InChI is InChI=1S/C38H56FN7O4/c1-8-46-31(17-18-40-46)35(48)43-33(27-11-9-23(2)10-12-27)36(49)41-30-16-15-28(21-29(30)39)24(3)32(42-34(47)25(4)26-13-14-26)37(50)45-20-19-44(7)38(5,6)22-45/h15-18,21,23-27,32-33H,8-14,19-20,22H2,1-7H3,(H,41,49)(H,42,47)(H,43,48)/t23?,24-,25?,27?,32+,33-/m0/s1. The van der Waals surface area contributed by atoms with Crippen LogP contribution in [0.25, 0.3) is 0 Å². The van der Waals surface area contributed by atoms with Crippen LogP contribution in [0.15, 0.2) is 30.5 Å². The molecule has 0 radical (unpaired) electrons. The Morgan fingerprint density at radius 2 is 1.64 bits per heavy atom. The van der Waals surface area contributed by atoms with E-state index in [-0.39, 0.29) is 34.9 Å². The first-order chi connectivity index (χ1) is 23.7. The zero-order valence-electron chi connectivity index (χ0n) is 30.8. The highest BCUT2D eigenvalue weighted by Crippen LogP contribution is 2.37. The molecule has 274 valence electrons. The van der Waals surface area contributed by atoms with Crippen molar-refractivity contribution in [1.29, 1.82) is 0 Å². The first kappa shape index (κ1) is 37.5. The van der Waals surface area contributed by atoms with Crippen molar-refractivity contribution in [3.63, 3.8) is 0 Å². The van der Waals surface area contributed by atoms with Gasteiger partial charge >= 0.3 is 0 Å². The van der Waals surface area contributed by atoms with E-state index < -0.39 is 35.6 Å². The number of nitrogens with zero attached hydrogens (tertiary/aromatic N) is 4. The molecule has 1 aromatic carbocycles. The van der Waals surface area contributed by atoms with Crippen LogP contribution in [0.1, 0.15) is 102 Å². The minimum absolute atomic E-state index is 0.0111. The highest BCUT2D eigenvalue weighted by Gasteiger charge is 2.41. The molecule has 3 N–H and O–H groups in total. The Balaban J connectivity index is 1.34. The van der Waals surface area contributed by atoms with E-state index in [2.05, 4.69) is 46.7 Å². The maximum Gasteiger partial charge on any atom is 0.270 e. The monoisotopic (exact) mass is 693 g/mol. The van der Waals surface area contributed by atoms with Gasteiger partial charge in [-0.2, -0.15) is 5.10 Å². The predicted octanol–water partition coefficient (Wildman–Crippen LogP) is 4.79. The number of likely N-dealkylation sites (N-methyl/N-ethyl adjacent to an activating group) is 1. The first-order valence-corrected chi connectivity index (χ1v) is 18.4. The fourth-order valence-electron chi connectivity index (χ4n) is 7.45. The van der Waals surface area contributed by atoms with Gasteiger partial charge in [-0.1, -0.05) is 39.7 Å². The molecule has 1 saturated heterocycles. The van der Waals surface area contributed by atoms with Gasteiger partial charge < -0.3 is 20.9 Å². The second-order valence-corrected chi connectivity index (χ2v) is 15.6. The summed E-state index contributed by atoms with van der Waals surface area (Å²) in [5.41, 5.74) is 0.652. The molecule has 1 aromatic heterocycles. The Morgan fingerprint density at radius 1 is 0.960 bits per heavy atom. The molecule has 2 aliphatic carbocycles. The van der Waals surface area contributed by atoms with Crippen LogP contribution in [0.4, 0.5) is 10.1 Å². The van der Waals surface area contributed by atoms with Crippen LogP contribution in [-0.4, -0.2) is 87.5 Å². The molecule has 2 heterocycles. The van der Waals surface area contributed by atoms with Gasteiger partial charge in [-0.05, 0) is 95.0 Å². The summed E-state index contributed by atoms with van der Waals surface area (Å²) < 4.78 is 17.5. The molecule has 4 amide bonds. The number of aryl methyl sites for hydroxylation is 1. The minimum Gasteiger partial charge on any atom is -0.343 e. The molecule has 1 unspecified atom stereocenters. The lowest BCUT2D eigenvalue weighted by atomic mass is 9.79. The van der Waals surface area contributed by atoms with Crippen LogP contribution >= 0.6 is 0 Å². The van der Waals surface area contributed by atoms with Crippen LogP contribution in [0.5, 0.6) is 0 Å². The van der Waals surface area contributed by atoms with Crippen molar-refractivity contribution in [1.82, 2.24) is 30.2 Å². The molecule has 12 heteroatoms. The number of halogens is 1. The van der Waals surface area contributed by atoms with Crippen LogP contribution < -0.4 is 16.0 Å². The van der Waals surface area contributed by atoms with Crippen LogP contribution in [0, 0.1) is 29.5 Å². The molecule has 1 aliphatic heterocycles. The Kier molecular flexibility index (Phi) is 11.7. The van der Waals surface area contributed by atoms with E-state index in [1.807, 2.05) is 32.7 Å². The van der Waals surface area contributed by atoms with Gasteiger partial charge in [0.2, 0.25) is 17.7 Å². The molecule has 5 rings (SSSR count). The van der Waals surface area contributed by atoms with Crippen molar-refractivity contribution in [3.8, 4) is 0 Å². The molecule has 11 nitrogen and oxygen atoms in total. The predicted molar refractivity (Wildman–Crippen MR) is 191 cm³/mol. The fourth-order valence-corrected chi connectivity index (χ4v) is 7.45. The molecule has 3 fully saturated rings. The zero-order valence-corrected chi connectivity index (χ0v) is 30.8. The number of benzene rings is 1. The van der Waals surface area contributed by atoms with Gasteiger partial charge in [0, 0.05) is 49.8 Å². The number of anilines is 1. The molecule has 2 saturated carbocycles. The minimum atomic E-state index is -0.882. The van der Waals surface area contributed by atoms with E-state index in [1.54, 1.807) is 23.0 Å². The summed E-state index contributed by atoms with van der Waals surface area (Å²) >= 11 is 0. The second kappa shape index (κ2) is 15.6. The number of nitrogens with one attached hydrogen (secondary N) is 3. The number of rotatable bonds is 12. The van der Waals surface area contributed by atoms with Crippen molar-refractivity contribution in [3.05, 3.63) is 47.5 Å². The second-order valence-electron chi connectivity index (χ2n) is 15.6. The number of carbonyl (C=O) groups is 4. The summed E-state index contributed by atoms with van der Waals surface area (Å²) in [6.45, 7) is 14.2. The molecular weight excluding hydrogens is 637 g/mol. The summed E-state index contributed by atoms with van der Waals surface area (Å²) in [4.78, 5) is 58.6. The SMILES string of the molecule is CCn1nccc1C(=O)N[C@H](C(=O)Nc1ccc([C@H](C)[C@@H](NC(=O)C(C)C2CC2)C(=O)N2CCN(C)C(C)(C)C2)cc1F)C1CCC(C)CC1. The highest BCUT2D eigenvalue weighted by molar-refractivity contribution is 6.00. The average Bonchev–Trinajstić information content (AvgIpc) is 3.83. The first-order valence-electron chi connectivity index (χ1n) is 18.4. The van der Waals surface area contributed by atoms with E-state index in [9.17, 15) is 19.2 Å². The van der Waals surface area contributed by atoms with Crippen molar-refractivity contribution >= 4 is 29.3 Å². The van der Waals surface area contributed by atoms with E-state index in [4.69, 9.17) is 0 Å². The van der Waals surface area contributed by atoms with Crippen LogP contribution in [-0.2, 0) is 20.9 Å². The summed E-state index contributed by atoms with van der Waals surface area (Å²) in [5, 5.41) is 12.9. The highest BCUT2D eigenvalue weighted by atomic mass is 19.1. The Hall–Kier alpha value is -3.80. The van der Waals surface area contributed by atoms with Crippen LogP contribution in [0.3, 0.4) is 0 Å². The molecule has 2 aromatic rings. The number of piperazine rings is 1. The van der Waals surface area contributed by atoms with E-state index in [0.717, 1.165) is 38.5 Å². The summed E-state index contributed by atoms with van der Waals surface area (Å²) in [7, 11) is 2.04. The van der Waals surface area contributed by atoms with Gasteiger partial charge in [0.05, 0.1) is 5.69 Å². The van der Waals surface area contributed by atoms with Crippen molar-refractivity contribution in [2.45, 2.75) is 110 Å². The van der Waals surface area contributed by atoms with E-state index >= 15 is 4.39 Å². The number of amides is 4. The van der Waals surface area contributed by atoms with Gasteiger partial charge in [-0.3, -0.25) is 28.8 Å². The fraction of sp³-hybridized carbons (Fsp3) is 0.658. The molecule has 0 bridgehead atoms. The third kappa shape index (κ3) is 8.55. The maximum atomic E-state index is 15.9. The molecule has 50 heavy (non-hydrogen) atoms. The molecule has 3 aliphatic rings. The number of aromatic nitrogens is 2. The number of carbonyl (C=O) groups excluding carboxylic acids is 4. The lowest BCUT2D eigenvalue weighted by Crippen LogP contribution is -2.62. The molecule has 4 atom stereocenters. The van der Waals surface area contributed by atoms with Gasteiger partial charge in [-0.15, -0.1) is 0 Å². The van der Waals surface area contributed by atoms with E-state index in [0.29, 0.717) is 49.3 Å². The zero-order chi connectivity index (χ0) is 36.3.